The number of primary amides is 1. The topological polar surface area (TPSA) is 170 Å². The summed E-state index contributed by atoms with van der Waals surface area (Å²) in [4.78, 5) is 37.8. The number of rotatable bonds is 6. The summed E-state index contributed by atoms with van der Waals surface area (Å²) in [6.45, 7) is 7.18. The Kier molecular flexibility index (Phi) is 6.27. The zero-order valence-electron chi connectivity index (χ0n) is 20.1. The van der Waals surface area contributed by atoms with Gasteiger partial charge in [-0.2, -0.15) is 0 Å². The Morgan fingerprint density at radius 2 is 1.89 bits per heavy atom. The van der Waals surface area contributed by atoms with E-state index >= 15 is 0 Å². The van der Waals surface area contributed by atoms with Gasteiger partial charge in [-0.05, 0) is 48.8 Å². The van der Waals surface area contributed by atoms with E-state index in [-0.39, 0.29) is 29.7 Å². The first kappa shape index (κ1) is 24.9. The summed E-state index contributed by atoms with van der Waals surface area (Å²) in [5, 5.41) is 47.6. The minimum atomic E-state index is -2.55. The summed E-state index contributed by atoms with van der Waals surface area (Å²) < 4.78 is 0. The maximum atomic E-state index is 13.6. The molecule has 4 rings (SSSR count). The molecule has 7 N–H and O–H groups in total. The third kappa shape index (κ3) is 3.73. The number of nitrogens with two attached hydrogens (primary N) is 1. The average molecular weight is 485 g/mol. The van der Waals surface area contributed by atoms with Crippen molar-refractivity contribution in [1.82, 2.24) is 5.32 Å². The first-order valence-electron chi connectivity index (χ1n) is 12.0. The van der Waals surface area contributed by atoms with Crippen LogP contribution in [0.5, 0.6) is 5.75 Å². The number of amides is 1. The van der Waals surface area contributed by atoms with E-state index in [1.165, 1.54) is 0 Å². The van der Waals surface area contributed by atoms with Gasteiger partial charge in [0.1, 0.15) is 22.8 Å². The van der Waals surface area contributed by atoms with E-state index in [4.69, 9.17) is 5.73 Å². The number of aryl methyl sites for hydroxylation is 1. The lowest BCUT2D eigenvalue weighted by Gasteiger charge is -2.46. The van der Waals surface area contributed by atoms with E-state index in [0.717, 1.165) is 17.7 Å². The second-order valence-electron chi connectivity index (χ2n) is 10.2. The van der Waals surface area contributed by atoms with Crippen molar-refractivity contribution in [3.63, 3.8) is 0 Å². The fourth-order valence-electron chi connectivity index (χ4n) is 5.77. The molecule has 9 heteroatoms. The summed E-state index contributed by atoms with van der Waals surface area (Å²) >= 11 is 0. The van der Waals surface area contributed by atoms with Gasteiger partial charge in [0, 0.05) is 30.0 Å². The molecule has 0 saturated heterocycles. The molecule has 1 aromatic carbocycles. The number of phenols is 1. The Labute approximate surface area is 203 Å². The van der Waals surface area contributed by atoms with Crippen molar-refractivity contribution in [3.05, 3.63) is 45.2 Å². The zero-order chi connectivity index (χ0) is 25.8. The van der Waals surface area contributed by atoms with Crippen LogP contribution in [0.3, 0.4) is 0 Å². The van der Waals surface area contributed by atoms with E-state index < -0.39 is 52.0 Å². The number of phenolic OH excluding ortho intramolecular Hbond substituents is 1. The Morgan fingerprint density at radius 1 is 1.20 bits per heavy atom. The molecule has 3 aliphatic rings. The predicted molar refractivity (Wildman–Crippen MR) is 127 cm³/mol. The van der Waals surface area contributed by atoms with Crippen LogP contribution in [0.1, 0.15) is 55.9 Å². The third-order valence-electron chi connectivity index (χ3n) is 7.48. The van der Waals surface area contributed by atoms with Gasteiger partial charge in [-0.25, -0.2) is 0 Å². The second-order valence-corrected chi connectivity index (χ2v) is 10.2. The number of carbonyl (C=O) groups is 3. The van der Waals surface area contributed by atoms with Crippen LogP contribution in [0.15, 0.2) is 23.0 Å². The van der Waals surface area contributed by atoms with Gasteiger partial charge in [0.2, 0.25) is 5.78 Å². The quantitative estimate of drug-likeness (QED) is 0.332. The summed E-state index contributed by atoms with van der Waals surface area (Å²) in [5.41, 5.74) is 4.15. The molecule has 0 aliphatic heterocycles. The summed E-state index contributed by atoms with van der Waals surface area (Å²) in [7, 11) is 0. The lowest BCUT2D eigenvalue weighted by molar-refractivity contribution is -0.147. The van der Waals surface area contributed by atoms with Crippen molar-refractivity contribution in [1.29, 1.82) is 0 Å². The van der Waals surface area contributed by atoms with Crippen LogP contribution < -0.4 is 11.1 Å². The predicted octanol–water partition coefficient (Wildman–Crippen LogP) is 1.73. The number of fused-ring (bicyclic) bond motifs is 3. The standard InChI is InChI=1S/C26H32N2O7/c1-4-12-5-14(10-28-9-11(2)3)21(30)19-16(12)7-13-6-15-8-17(29)20(25(27)34)24(33)26(15,35)23(32)18(13)22(19)31/h5,11,13,15,28,30-31,33,35H,4,6-10H2,1-3H3,(H2,27,34). The molecule has 1 aromatic rings. The van der Waals surface area contributed by atoms with Crippen molar-refractivity contribution in [3.8, 4) is 5.75 Å². The van der Waals surface area contributed by atoms with Crippen LogP contribution in [0.4, 0.5) is 0 Å². The molecule has 1 saturated carbocycles. The largest absolute Gasteiger partial charge is 0.508 e. The highest BCUT2D eigenvalue weighted by molar-refractivity contribution is 6.22. The van der Waals surface area contributed by atoms with Gasteiger partial charge in [-0.1, -0.05) is 26.8 Å². The summed E-state index contributed by atoms with van der Waals surface area (Å²) in [6.07, 6.45) is 0.768. The molecule has 0 radical (unpaired) electrons. The monoisotopic (exact) mass is 484 g/mol. The van der Waals surface area contributed by atoms with Gasteiger partial charge < -0.3 is 31.5 Å². The number of benzene rings is 1. The van der Waals surface area contributed by atoms with Gasteiger partial charge >= 0.3 is 0 Å². The normalized spacial score (nSPS) is 26.1. The highest BCUT2D eigenvalue weighted by atomic mass is 16.3. The number of aliphatic hydroxyl groups excluding tert-OH is 2. The Bertz CT molecular complexity index is 1200. The molecule has 0 aromatic heterocycles. The first-order valence-corrected chi connectivity index (χ1v) is 12.0. The van der Waals surface area contributed by atoms with E-state index in [1.54, 1.807) is 0 Å². The van der Waals surface area contributed by atoms with Crippen LogP contribution in [0.2, 0.25) is 0 Å². The summed E-state index contributed by atoms with van der Waals surface area (Å²) in [5.74, 6) is -5.68. The molecule has 0 bridgehead atoms. The lowest BCUT2D eigenvalue weighted by Crippen LogP contribution is -2.58. The Morgan fingerprint density at radius 3 is 2.49 bits per heavy atom. The molecule has 1 amide bonds. The number of aliphatic hydroxyl groups is 3. The molecule has 0 spiro atoms. The fourth-order valence-corrected chi connectivity index (χ4v) is 5.77. The molecule has 188 valence electrons. The van der Waals surface area contributed by atoms with Gasteiger partial charge in [-0.3, -0.25) is 14.4 Å². The third-order valence-corrected chi connectivity index (χ3v) is 7.48. The number of Topliss-reactive ketones (excluding diaryl/α,β-unsaturated/α-hetero) is 2. The Balaban J connectivity index is 1.86. The van der Waals surface area contributed by atoms with Gasteiger partial charge in [0.05, 0.1) is 5.56 Å². The molecular formula is C26H32N2O7. The number of aromatic hydroxyl groups is 1. The van der Waals surface area contributed by atoms with Crippen LogP contribution in [0.25, 0.3) is 5.76 Å². The zero-order valence-corrected chi connectivity index (χ0v) is 20.1. The summed E-state index contributed by atoms with van der Waals surface area (Å²) in [6, 6.07) is 1.90. The number of ketones is 2. The second kappa shape index (κ2) is 8.80. The van der Waals surface area contributed by atoms with Crippen molar-refractivity contribution in [2.75, 3.05) is 6.54 Å². The molecule has 1 fully saturated rings. The van der Waals surface area contributed by atoms with Crippen LogP contribution in [0, 0.1) is 17.8 Å². The van der Waals surface area contributed by atoms with Crippen molar-refractivity contribution < 1.29 is 34.8 Å². The van der Waals surface area contributed by atoms with Gasteiger partial charge in [0.15, 0.2) is 11.4 Å². The van der Waals surface area contributed by atoms with E-state index in [2.05, 4.69) is 19.2 Å². The smallest absolute Gasteiger partial charge is 0.255 e. The van der Waals surface area contributed by atoms with Crippen molar-refractivity contribution >= 4 is 23.2 Å². The van der Waals surface area contributed by atoms with Crippen molar-refractivity contribution in [2.24, 2.45) is 23.5 Å². The van der Waals surface area contributed by atoms with E-state index in [9.17, 15) is 34.8 Å². The molecule has 3 aliphatic carbocycles. The highest BCUT2D eigenvalue weighted by Gasteiger charge is 2.60. The molecular weight excluding hydrogens is 452 g/mol. The maximum Gasteiger partial charge on any atom is 0.255 e. The van der Waals surface area contributed by atoms with Crippen LogP contribution >= 0.6 is 0 Å². The average Bonchev–Trinajstić information content (AvgIpc) is 2.77. The molecule has 0 heterocycles. The Hall–Kier alpha value is -3.17. The SMILES string of the molecule is CCc1cc(CNCC(C)C)c(O)c2c1CC1CC3CC(=O)C(C(N)=O)=C(O)C3(O)C(=O)C1=C2O. The molecule has 3 atom stereocenters. The number of carbonyl (C=O) groups excluding carboxylic acids is 3. The highest BCUT2D eigenvalue weighted by Crippen LogP contribution is 2.52. The fraction of sp³-hybridized carbons (Fsp3) is 0.500. The number of hydrogen-bond donors (Lipinski definition) is 6. The molecule has 9 nitrogen and oxygen atoms in total. The van der Waals surface area contributed by atoms with Crippen LogP contribution in [-0.4, -0.2) is 50.0 Å². The van der Waals surface area contributed by atoms with E-state index in [1.807, 2.05) is 13.0 Å². The van der Waals surface area contributed by atoms with Gasteiger partial charge in [-0.15, -0.1) is 0 Å². The van der Waals surface area contributed by atoms with Crippen LogP contribution in [-0.2, 0) is 33.8 Å². The number of hydrogen-bond acceptors (Lipinski definition) is 8. The molecule has 3 unspecified atom stereocenters. The minimum absolute atomic E-state index is 0.120. The van der Waals surface area contributed by atoms with Crippen molar-refractivity contribution in [2.45, 2.75) is 58.6 Å². The molecule has 35 heavy (non-hydrogen) atoms. The van der Waals surface area contributed by atoms with E-state index in [0.29, 0.717) is 30.9 Å². The minimum Gasteiger partial charge on any atom is -0.508 e. The first-order chi connectivity index (χ1) is 16.4. The number of nitrogens with one attached hydrogen (secondary N) is 1. The lowest BCUT2D eigenvalue weighted by atomic mass is 9.59. The van der Waals surface area contributed by atoms with Gasteiger partial charge in [0.25, 0.3) is 5.91 Å². The maximum absolute atomic E-state index is 13.6.